The van der Waals surface area contributed by atoms with E-state index in [0.29, 0.717) is 11.7 Å². The summed E-state index contributed by atoms with van der Waals surface area (Å²) in [4.78, 5) is 11.8. The van der Waals surface area contributed by atoms with Gasteiger partial charge in [-0.25, -0.2) is 4.79 Å². The Morgan fingerprint density at radius 2 is 1.89 bits per heavy atom. The molecule has 19 heavy (non-hydrogen) atoms. The first-order valence-electron chi connectivity index (χ1n) is 7.18. The molecule has 0 aromatic heterocycles. The Bertz CT molecular complexity index is 473. The van der Waals surface area contributed by atoms with Crippen molar-refractivity contribution >= 4 is 5.97 Å². The third-order valence-corrected chi connectivity index (χ3v) is 5.48. The molecule has 1 saturated carbocycles. The third kappa shape index (κ3) is 1.62. The molecular weight excluding hydrogens is 244 g/mol. The van der Waals surface area contributed by atoms with Gasteiger partial charge in [0.2, 0.25) is 0 Å². The molecule has 3 heterocycles. The van der Waals surface area contributed by atoms with Gasteiger partial charge in [0, 0.05) is 11.5 Å². The molecule has 4 fully saturated rings. The first-order valence-corrected chi connectivity index (χ1v) is 7.18. The number of carbonyl (C=O) groups excluding carboxylic acids is 1. The van der Waals surface area contributed by atoms with E-state index < -0.39 is 0 Å². The van der Waals surface area contributed by atoms with E-state index in [0.717, 1.165) is 25.7 Å². The van der Waals surface area contributed by atoms with E-state index in [1.54, 1.807) is 0 Å². The summed E-state index contributed by atoms with van der Waals surface area (Å²) in [5, 5.41) is 0. The van der Waals surface area contributed by atoms with Gasteiger partial charge in [-0.2, -0.15) is 0 Å². The molecular formula is C15H20O4. The SMILES string of the molecule is C=C1C(=O)O[C@H]2C1CC[C@@]1(C)OC1CC[C@@]1(C)OC21. The molecule has 0 N–H and O–H groups in total. The van der Waals surface area contributed by atoms with Crippen LogP contribution in [-0.2, 0) is 19.0 Å². The van der Waals surface area contributed by atoms with Crippen LogP contribution in [0.4, 0.5) is 0 Å². The third-order valence-electron chi connectivity index (χ3n) is 5.48. The van der Waals surface area contributed by atoms with Crippen molar-refractivity contribution < 1.29 is 19.0 Å². The van der Waals surface area contributed by atoms with E-state index in [1.807, 2.05) is 0 Å². The van der Waals surface area contributed by atoms with Crippen molar-refractivity contribution in [3.05, 3.63) is 12.2 Å². The zero-order valence-corrected chi connectivity index (χ0v) is 11.5. The lowest BCUT2D eigenvalue weighted by molar-refractivity contribution is -0.140. The van der Waals surface area contributed by atoms with E-state index in [4.69, 9.17) is 14.2 Å². The minimum Gasteiger partial charge on any atom is -0.455 e. The summed E-state index contributed by atoms with van der Waals surface area (Å²) in [7, 11) is 0. The van der Waals surface area contributed by atoms with Gasteiger partial charge in [-0.05, 0) is 39.5 Å². The molecule has 0 spiro atoms. The Morgan fingerprint density at radius 3 is 2.68 bits per heavy atom. The van der Waals surface area contributed by atoms with Gasteiger partial charge in [0.05, 0.1) is 17.3 Å². The first-order chi connectivity index (χ1) is 8.93. The first kappa shape index (κ1) is 11.9. The fourth-order valence-electron chi connectivity index (χ4n) is 3.85. The van der Waals surface area contributed by atoms with Crippen molar-refractivity contribution in [3.8, 4) is 0 Å². The van der Waals surface area contributed by atoms with E-state index in [9.17, 15) is 4.79 Å². The summed E-state index contributed by atoms with van der Waals surface area (Å²) in [5.74, 6) is -0.149. The zero-order valence-electron chi connectivity index (χ0n) is 11.5. The van der Waals surface area contributed by atoms with Gasteiger partial charge >= 0.3 is 5.97 Å². The largest absolute Gasteiger partial charge is 0.455 e. The van der Waals surface area contributed by atoms with Gasteiger partial charge in [0.25, 0.3) is 0 Å². The Kier molecular flexibility index (Phi) is 2.14. The lowest BCUT2D eigenvalue weighted by atomic mass is 9.81. The predicted octanol–water partition coefficient (Wildman–Crippen LogP) is 1.97. The fraction of sp³-hybridized carbons (Fsp3) is 0.800. The topological polar surface area (TPSA) is 51.4 Å². The van der Waals surface area contributed by atoms with Gasteiger partial charge in [-0.1, -0.05) is 6.58 Å². The van der Waals surface area contributed by atoms with Gasteiger partial charge < -0.3 is 14.2 Å². The number of fused-ring (bicyclic) bond motifs is 4. The molecule has 3 unspecified atom stereocenters. The summed E-state index contributed by atoms with van der Waals surface area (Å²) in [6, 6.07) is 0. The minimum absolute atomic E-state index is 0.00540. The molecule has 0 aromatic rings. The standard InChI is InChI=1S/C15H20O4/c1-8-9-4-6-14(2)10(18-14)5-7-15(3)12(19-15)11(9)17-13(8)16/h9-12H,1,4-7H2,2-3H3/t9?,10?,11-,12?,14+,15+/m0/s1. The molecule has 0 aromatic carbocycles. The molecule has 4 aliphatic rings. The Hall–Kier alpha value is -0.870. The smallest absolute Gasteiger partial charge is 0.334 e. The Morgan fingerprint density at radius 1 is 1.16 bits per heavy atom. The van der Waals surface area contributed by atoms with E-state index >= 15 is 0 Å². The minimum atomic E-state index is -0.245. The highest BCUT2D eigenvalue weighted by atomic mass is 16.6. The van der Waals surface area contributed by atoms with Crippen LogP contribution in [0.1, 0.15) is 39.5 Å². The number of epoxide rings is 2. The molecule has 0 bridgehead atoms. The number of hydrogen-bond acceptors (Lipinski definition) is 4. The Balaban J connectivity index is 1.62. The molecule has 0 radical (unpaired) electrons. The fourth-order valence-corrected chi connectivity index (χ4v) is 3.85. The molecule has 4 rings (SSSR count). The van der Waals surface area contributed by atoms with Crippen molar-refractivity contribution in [2.24, 2.45) is 5.92 Å². The lowest BCUT2D eigenvalue weighted by Gasteiger charge is -2.20. The lowest BCUT2D eigenvalue weighted by Crippen LogP contribution is -2.30. The van der Waals surface area contributed by atoms with Gasteiger partial charge in [0.1, 0.15) is 12.2 Å². The van der Waals surface area contributed by atoms with Crippen LogP contribution >= 0.6 is 0 Å². The van der Waals surface area contributed by atoms with Gasteiger partial charge in [-0.15, -0.1) is 0 Å². The second-order valence-corrected chi connectivity index (χ2v) is 6.85. The van der Waals surface area contributed by atoms with Crippen molar-refractivity contribution in [2.75, 3.05) is 0 Å². The van der Waals surface area contributed by atoms with Crippen molar-refractivity contribution in [1.29, 1.82) is 0 Å². The summed E-state index contributed by atoms with van der Waals surface area (Å²) in [5.41, 5.74) is 0.469. The van der Waals surface area contributed by atoms with Crippen LogP contribution < -0.4 is 0 Å². The predicted molar refractivity (Wildman–Crippen MR) is 67.5 cm³/mol. The van der Waals surface area contributed by atoms with E-state index in [2.05, 4.69) is 20.4 Å². The van der Waals surface area contributed by atoms with Crippen molar-refractivity contribution in [3.63, 3.8) is 0 Å². The highest BCUT2D eigenvalue weighted by Gasteiger charge is 2.64. The number of carbonyl (C=O) groups is 1. The quantitative estimate of drug-likeness (QED) is 0.381. The summed E-state index contributed by atoms with van der Waals surface area (Å²) >= 11 is 0. The van der Waals surface area contributed by atoms with Crippen LogP contribution in [0, 0.1) is 5.92 Å². The summed E-state index contributed by atoms with van der Waals surface area (Å²) < 4.78 is 17.2. The van der Waals surface area contributed by atoms with Crippen molar-refractivity contribution in [1.82, 2.24) is 0 Å². The van der Waals surface area contributed by atoms with E-state index in [-0.39, 0.29) is 35.3 Å². The Labute approximate surface area is 113 Å². The number of hydrogen-bond donors (Lipinski definition) is 0. The van der Waals surface area contributed by atoms with E-state index in [1.165, 1.54) is 0 Å². The number of ether oxygens (including phenoxy) is 3. The second kappa shape index (κ2) is 3.41. The zero-order chi connectivity index (χ0) is 13.4. The van der Waals surface area contributed by atoms with Crippen LogP contribution in [0.15, 0.2) is 12.2 Å². The summed E-state index contributed by atoms with van der Waals surface area (Å²) in [6.07, 6.45) is 4.15. The van der Waals surface area contributed by atoms with Gasteiger partial charge in [-0.3, -0.25) is 0 Å². The van der Waals surface area contributed by atoms with Crippen LogP contribution in [0.5, 0.6) is 0 Å². The number of rotatable bonds is 0. The molecule has 4 heteroatoms. The molecule has 3 saturated heterocycles. The second-order valence-electron chi connectivity index (χ2n) is 6.85. The normalized spacial score (nSPS) is 55.7. The molecule has 3 aliphatic heterocycles. The molecule has 1 aliphatic carbocycles. The molecule has 6 atom stereocenters. The molecule has 4 nitrogen and oxygen atoms in total. The highest BCUT2D eigenvalue weighted by molar-refractivity contribution is 5.91. The maximum atomic E-state index is 11.8. The average Bonchev–Trinajstić information content (AvgIpc) is 3.18. The molecule has 0 amide bonds. The maximum absolute atomic E-state index is 11.8. The van der Waals surface area contributed by atoms with Gasteiger partial charge in [0.15, 0.2) is 0 Å². The van der Waals surface area contributed by atoms with Crippen molar-refractivity contribution in [2.45, 2.75) is 69.0 Å². The molecule has 104 valence electrons. The monoisotopic (exact) mass is 264 g/mol. The van der Waals surface area contributed by atoms with Crippen LogP contribution in [-0.4, -0.2) is 35.5 Å². The van der Waals surface area contributed by atoms with Crippen LogP contribution in [0.3, 0.4) is 0 Å². The highest BCUT2D eigenvalue weighted by Crippen LogP contribution is 2.54. The van der Waals surface area contributed by atoms with Crippen LogP contribution in [0.2, 0.25) is 0 Å². The number of esters is 1. The van der Waals surface area contributed by atoms with Crippen LogP contribution in [0.25, 0.3) is 0 Å². The average molecular weight is 264 g/mol. The maximum Gasteiger partial charge on any atom is 0.334 e. The summed E-state index contributed by atoms with van der Waals surface area (Å²) in [6.45, 7) is 8.20.